The van der Waals surface area contributed by atoms with E-state index < -0.39 is 9.05 Å². The quantitative estimate of drug-likeness (QED) is 0.744. The highest BCUT2D eigenvalue weighted by Gasteiger charge is 2.49. The van der Waals surface area contributed by atoms with Crippen LogP contribution in [0.25, 0.3) is 0 Å². The van der Waals surface area contributed by atoms with Gasteiger partial charge in [-0.3, -0.25) is 0 Å². The molecule has 2 rings (SSSR count). The Labute approximate surface area is 113 Å². The van der Waals surface area contributed by atoms with Crippen molar-refractivity contribution >= 4 is 19.7 Å². The van der Waals surface area contributed by atoms with E-state index in [9.17, 15) is 8.42 Å². The van der Waals surface area contributed by atoms with Gasteiger partial charge in [-0.2, -0.15) is 0 Å². The Morgan fingerprint density at radius 2 is 1.72 bits per heavy atom. The normalized spacial score (nSPS) is 20.3. The van der Waals surface area contributed by atoms with Crippen molar-refractivity contribution in [3.63, 3.8) is 0 Å². The molecule has 0 saturated carbocycles. The molecule has 1 aromatic carbocycles. The summed E-state index contributed by atoms with van der Waals surface area (Å²) in [6.07, 6.45) is 0. The summed E-state index contributed by atoms with van der Waals surface area (Å²) in [6.45, 7) is 9.89. The topological polar surface area (TPSA) is 43.4 Å². The van der Waals surface area contributed by atoms with Crippen LogP contribution in [-0.2, 0) is 14.5 Å². The van der Waals surface area contributed by atoms with Crippen LogP contribution in [0.2, 0.25) is 0 Å². The van der Waals surface area contributed by atoms with Crippen molar-refractivity contribution in [2.45, 2.75) is 50.5 Å². The minimum Gasteiger partial charge on any atom is -0.487 e. The number of hydrogen-bond donors (Lipinski definition) is 0. The van der Waals surface area contributed by atoms with Crippen LogP contribution in [0, 0.1) is 6.92 Å². The molecule has 18 heavy (non-hydrogen) atoms. The first kappa shape index (κ1) is 13.7. The Bertz CT molecular complexity index is 615. The highest BCUT2D eigenvalue weighted by molar-refractivity contribution is 8.13. The highest BCUT2D eigenvalue weighted by Crippen LogP contribution is 2.51. The summed E-state index contributed by atoms with van der Waals surface area (Å²) < 4.78 is 29.0. The molecule has 0 unspecified atom stereocenters. The van der Waals surface area contributed by atoms with E-state index in [1.54, 1.807) is 13.0 Å². The van der Waals surface area contributed by atoms with Crippen LogP contribution in [0.5, 0.6) is 5.75 Å². The van der Waals surface area contributed by atoms with Crippen molar-refractivity contribution in [1.29, 1.82) is 0 Å². The molecule has 0 amide bonds. The lowest BCUT2D eigenvalue weighted by molar-refractivity contribution is 0.0711. The monoisotopic (exact) mass is 288 g/mol. The van der Waals surface area contributed by atoms with Crippen LogP contribution in [0.3, 0.4) is 0 Å². The molecule has 3 nitrogen and oxygen atoms in total. The predicted molar refractivity (Wildman–Crippen MR) is 72.0 cm³/mol. The molecule has 100 valence electrons. The molecular weight excluding hydrogens is 272 g/mol. The van der Waals surface area contributed by atoms with E-state index in [-0.39, 0.29) is 15.9 Å². The smallest absolute Gasteiger partial charge is 0.261 e. The fourth-order valence-electron chi connectivity index (χ4n) is 2.50. The molecule has 0 radical (unpaired) electrons. The van der Waals surface area contributed by atoms with Crippen LogP contribution in [0.1, 0.15) is 38.8 Å². The molecule has 1 aliphatic heterocycles. The third kappa shape index (κ3) is 1.74. The van der Waals surface area contributed by atoms with E-state index in [1.807, 2.05) is 13.8 Å². The van der Waals surface area contributed by atoms with E-state index in [2.05, 4.69) is 13.8 Å². The third-order valence-corrected chi connectivity index (χ3v) is 5.60. The second kappa shape index (κ2) is 3.64. The number of fused-ring (bicyclic) bond motifs is 1. The van der Waals surface area contributed by atoms with Crippen molar-refractivity contribution in [2.24, 2.45) is 0 Å². The molecule has 0 N–H and O–H groups in total. The Balaban J connectivity index is 2.78. The number of hydrogen-bond acceptors (Lipinski definition) is 3. The standard InChI is InChI=1S/C13H17ClO3S/c1-8-10(18(14,15)16)7-6-9-11(8)12(2,3)13(4,5)17-9/h6-7H,1-5H3. The van der Waals surface area contributed by atoms with Gasteiger partial charge < -0.3 is 4.74 Å². The predicted octanol–water partition coefficient (Wildman–Crippen LogP) is 3.37. The Morgan fingerprint density at radius 1 is 1.17 bits per heavy atom. The number of rotatable bonds is 1. The van der Waals surface area contributed by atoms with Gasteiger partial charge in [-0.15, -0.1) is 0 Å². The van der Waals surface area contributed by atoms with E-state index in [4.69, 9.17) is 15.4 Å². The lowest BCUT2D eigenvalue weighted by Gasteiger charge is -2.34. The summed E-state index contributed by atoms with van der Waals surface area (Å²) >= 11 is 0. The molecule has 0 aliphatic carbocycles. The molecule has 1 aliphatic rings. The molecule has 0 fully saturated rings. The third-order valence-electron chi connectivity index (χ3n) is 4.14. The molecular formula is C13H17ClO3S. The van der Waals surface area contributed by atoms with E-state index >= 15 is 0 Å². The largest absolute Gasteiger partial charge is 0.487 e. The number of halogens is 1. The number of benzene rings is 1. The summed E-state index contributed by atoms with van der Waals surface area (Å²) in [5, 5.41) is 0. The van der Waals surface area contributed by atoms with Gasteiger partial charge in [-0.05, 0) is 38.5 Å². The molecule has 0 aromatic heterocycles. The fraction of sp³-hybridized carbons (Fsp3) is 0.538. The maximum absolute atomic E-state index is 11.6. The summed E-state index contributed by atoms with van der Waals surface area (Å²) in [6, 6.07) is 3.20. The minimum atomic E-state index is -3.73. The van der Waals surface area contributed by atoms with Crippen molar-refractivity contribution in [2.75, 3.05) is 0 Å². The van der Waals surface area contributed by atoms with Gasteiger partial charge in [-0.1, -0.05) is 13.8 Å². The minimum absolute atomic E-state index is 0.164. The summed E-state index contributed by atoms with van der Waals surface area (Å²) in [7, 11) is 1.74. The first-order valence-corrected chi connectivity index (χ1v) is 8.07. The molecule has 0 spiro atoms. The van der Waals surface area contributed by atoms with Gasteiger partial charge in [0.15, 0.2) is 0 Å². The molecule has 0 bridgehead atoms. The molecule has 0 saturated heterocycles. The molecule has 1 aromatic rings. The second-order valence-corrected chi connectivity index (χ2v) is 8.27. The van der Waals surface area contributed by atoms with Crippen molar-refractivity contribution in [3.8, 4) is 5.75 Å². The van der Waals surface area contributed by atoms with E-state index in [0.29, 0.717) is 5.56 Å². The van der Waals surface area contributed by atoms with Crippen molar-refractivity contribution in [1.82, 2.24) is 0 Å². The average molecular weight is 289 g/mol. The van der Waals surface area contributed by atoms with Gasteiger partial charge in [0.2, 0.25) is 0 Å². The van der Waals surface area contributed by atoms with Gasteiger partial charge in [0, 0.05) is 21.7 Å². The van der Waals surface area contributed by atoms with Crippen LogP contribution < -0.4 is 4.74 Å². The van der Waals surface area contributed by atoms with Gasteiger partial charge in [0.05, 0.1) is 4.90 Å². The first-order chi connectivity index (χ1) is 7.98. The lowest BCUT2D eigenvalue weighted by Crippen LogP contribution is -2.42. The number of ether oxygens (including phenoxy) is 1. The van der Waals surface area contributed by atoms with Crippen molar-refractivity contribution in [3.05, 3.63) is 23.3 Å². The van der Waals surface area contributed by atoms with Crippen LogP contribution >= 0.6 is 10.7 Å². The zero-order valence-corrected chi connectivity index (χ0v) is 12.7. The molecule has 1 heterocycles. The fourth-order valence-corrected chi connectivity index (χ4v) is 3.70. The van der Waals surface area contributed by atoms with Gasteiger partial charge in [0.1, 0.15) is 11.4 Å². The van der Waals surface area contributed by atoms with Crippen LogP contribution in [-0.4, -0.2) is 14.0 Å². The Hall–Kier alpha value is -0.740. The Morgan fingerprint density at radius 3 is 2.22 bits per heavy atom. The summed E-state index contributed by atoms with van der Waals surface area (Å²) in [5.41, 5.74) is 0.950. The SMILES string of the molecule is Cc1c(S(=O)(=O)Cl)ccc2c1C(C)(C)C(C)(C)O2. The lowest BCUT2D eigenvalue weighted by atomic mass is 9.72. The van der Waals surface area contributed by atoms with E-state index in [0.717, 1.165) is 11.3 Å². The molecule has 5 heteroatoms. The summed E-state index contributed by atoms with van der Waals surface area (Å²) in [5.74, 6) is 0.742. The second-order valence-electron chi connectivity index (χ2n) is 5.74. The summed E-state index contributed by atoms with van der Waals surface area (Å²) in [4.78, 5) is 0.164. The van der Waals surface area contributed by atoms with E-state index in [1.165, 1.54) is 6.07 Å². The highest BCUT2D eigenvalue weighted by atomic mass is 35.7. The van der Waals surface area contributed by atoms with Crippen LogP contribution in [0.4, 0.5) is 0 Å². The first-order valence-electron chi connectivity index (χ1n) is 5.76. The Kier molecular flexibility index (Phi) is 2.77. The maximum atomic E-state index is 11.6. The van der Waals surface area contributed by atoms with Gasteiger partial charge in [-0.25, -0.2) is 8.42 Å². The zero-order valence-electron chi connectivity index (χ0n) is 11.2. The van der Waals surface area contributed by atoms with Gasteiger partial charge >= 0.3 is 0 Å². The molecule has 0 atom stereocenters. The maximum Gasteiger partial charge on any atom is 0.261 e. The van der Waals surface area contributed by atoms with Crippen LogP contribution in [0.15, 0.2) is 17.0 Å². The van der Waals surface area contributed by atoms with Crippen molar-refractivity contribution < 1.29 is 13.2 Å². The average Bonchev–Trinajstić information content (AvgIpc) is 2.31. The van der Waals surface area contributed by atoms with Gasteiger partial charge in [0.25, 0.3) is 9.05 Å². The zero-order chi connectivity index (χ0) is 13.9.